The molecule has 4 nitrogen and oxygen atoms in total. The first-order valence-electron chi connectivity index (χ1n) is 9.87. The van der Waals surface area contributed by atoms with Crippen molar-refractivity contribution in [1.29, 1.82) is 0 Å². The van der Waals surface area contributed by atoms with Gasteiger partial charge in [-0.3, -0.25) is 4.79 Å². The van der Waals surface area contributed by atoms with Crippen LogP contribution in [0.15, 0.2) is 84.9 Å². The maximum absolute atomic E-state index is 11.4. The fourth-order valence-corrected chi connectivity index (χ4v) is 2.99. The number of hydrogen-bond acceptors (Lipinski definition) is 4. The molecule has 0 saturated heterocycles. The van der Waals surface area contributed by atoms with E-state index in [0.717, 1.165) is 5.56 Å². The van der Waals surface area contributed by atoms with Crippen molar-refractivity contribution in [3.8, 4) is 35.2 Å². The van der Waals surface area contributed by atoms with E-state index in [1.54, 1.807) is 49.6 Å². The molecule has 0 aliphatic carbocycles. The van der Waals surface area contributed by atoms with Gasteiger partial charge in [0.25, 0.3) is 0 Å². The molecule has 3 rings (SSSR count). The van der Waals surface area contributed by atoms with Crippen LogP contribution in [0, 0.1) is 23.7 Å². The minimum Gasteiger partial charge on any atom is -0.497 e. The van der Waals surface area contributed by atoms with Crippen molar-refractivity contribution in [3.05, 3.63) is 102 Å². The second-order valence-electron chi connectivity index (χ2n) is 6.73. The van der Waals surface area contributed by atoms with Gasteiger partial charge in [-0.05, 0) is 48.2 Å². The van der Waals surface area contributed by atoms with Crippen LogP contribution in [-0.4, -0.2) is 25.6 Å². The van der Waals surface area contributed by atoms with Crippen LogP contribution < -0.4 is 9.47 Å². The molecule has 3 aromatic carbocycles. The summed E-state index contributed by atoms with van der Waals surface area (Å²) in [5, 5.41) is 11.4. The third kappa shape index (κ3) is 5.46. The standard InChI is InChI=1S/C28H22O4/c1-31-25-13-14-27(32-2)26(21-25)23(17-20-29)16-19-28(30,24-11-7-4-8-12-24)18-15-22-9-5-3-6-10-22/h3-14,17,20-21,30H,1-2H3/b23-17+. The Bertz CT molecular complexity index is 1220. The molecule has 1 N–H and O–H groups in total. The Morgan fingerprint density at radius 3 is 2.22 bits per heavy atom. The summed E-state index contributed by atoms with van der Waals surface area (Å²) in [5.41, 5.74) is 0.454. The summed E-state index contributed by atoms with van der Waals surface area (Å²) in [4.78, 5) is 11.3. The quantitative estimate of drug-likeness (QED) is 0.380. The first-order valence-corrected chi connectivity index (χ1v) is 9.87. The van der Waals surface area contributed by atoms with Gasteiger partial charge in [-0.1, -0.05) is 60.4 Å². The number of rotatable bonds is 5. The number of aliphatic hydroxyl groups is 1. The van der Waals surface area contributed by atoms with Crippen molar-refractivity contribution in [3.63, 3.8) is 0 Å². The van der Waals surface area contributed by atoms with Crippen molar-refractivity contribution in [1.82, 2.24) is 0 Å². The van der Waals surface area contributed by atoms with Crippen LogP contribution in [-0.2, 0) is 10.4 Å². The smallest absolute Gasteiger partial charge is 0.214 e. The lowest BCUT2D eigenvalue weighted by Crippen LogP contribution is -2.21. The number of allylic oxidation sites excluding steroid dienone is 2. The zero-order valence-corrected chi connectivity index (χ0v) is 17.8. The van der Waals surface area contributed by atoms with E-state index >= 15 is 0 Å². The Balaban J connectivity index is 2.12. The van der Waals surface area contributed by atoms with Gasteiger partial charge in [-0.25, -0.2) is 0 Å². The second-order valence-corrected chi connectivity index (χ2v) is 6.73. The van der Waals surface area contributed by atoms with E-state index in [0.29, 0.717) is 34.5 Å². The molecule has 4 heteroatoms. The summed E-state index contributed by atoms with van der Waals surface area (Å²) < 4.78 is 10.7. The van der Waals surface area contributed by atoms with Gasteiger partial charge >= 0.3 is 0 Å². The van der Waals surface area contributed by atoms with Crippen molar-refractivity contribution >= 4 is 11.9 Å². The molecule has 0 saturated carbocycles. The van der Waals surface area contributed by atoms with Crippen LogP contribution in [0.2, 0.25) is 0 Å². The summed E-state index contributed by atoms with van der Waals surface area (Å²) in [5.74, 6) is 12.8. The number of methoxy groups -OCH3 is 2. The van der Waals surface area contributed by atoms with Gasteiger partial charge in [0, 0.05) is 22.3 Å². The molecule has 0 amide bonds. The summed E-state index contributed by atoms with van der Waals surface area (Å²) in [6, 6.07) is 23.5. The maximum Gasteiger partial charge on any atom is 0.214 e. The molecule has 3 aromatic rings. The monoisotopic (exact) mass is 422 g/mol. The van der Waals surface area contributed by atoms with Gasteiger partial charge in [-0.15, -0.1) is 0 Å². The normalized spacial score (nSPS) is 12.3. The van der Waals surface area contributed by atoms with E-state index in [1.165, 1.54) is 13.2 Å². The van der Waals surface area contributed by atoms with Crippen LogP contribution in [0.3, 0.4) is 0 Å². The maximum atomic E-state index is 11.4. The van der Waals surface area contributed by atoms with Crippen LogP contribution in [0.25, 0.3) is 5.57 Å². The summed E-state index contributed by atoms with van der Waals surface area (Å²) >= 11 is 0. The minimum atomic E-state index is -1.76. The number of benzene rings is 3. The molecule has 0 radical (unpaired) electrons. The molecule has 1 atom stereocenters. The topological polar surface area (TPSA) is 55.8 Å². The summed E-state index contributed by atoms with van der Waals surface area (Å²) in [7, 11) is 3.08. The number of carbonyl (C=O) groups excluding carboxylic acids is 1. The van der Waals surface area contributed by atoms with Gasteiger partial charge in [-0.2, -0.15) is 0 Å². The highest BCUT2D eigenvalue weighted by Gasteiger charge is 2.24. The number of carbonyl (C=O) groups is 1. The zero-order chi connectivity index (χ0) is 22.8. The van der Waals surface area contributed by atoms with Crippen LogP contribution in [0.5, 0.6) is 11.5 Å². The molecule has 0 aliphatic rings. The molecule has 158 valence electrons. The number of hydrogen-bond donors (Lipinski definition) is 1. The van der Waals surface area contributed by atoms with Gasteiger partial charge in [0.15, 0.2) is 0 Å². The van der Waals surface area contributed by atoms with E-state index in [1.807, 2.05) is 36.4 Å². The fraction of sp³-hybridized carbons (Fsp3) is 0.107. The average molecular weight is 422 g/mol. The van der Waals surface area contributed by atoms with Gasteiger partial charge in [0.05, 0.1) is 14.2 Å². The predicted molar refractivity (Wildman–Crippen MR) is 125 cm³/mol. The van der Waals surface area contributed by atoms with E-state index in [2.05, 4.69) is 23.7 Å². The van der Waals surface area contributed by atoms with E-state index in [4.69, 9.17) is 9.47 Å². The number of aldehydes is 1. The lowest BCUT2D eigenvalue weighted by atomic mass is 9.93. The first-order chi connectivity index (χ1) is 15.6. The zero-order valence-electron chi connectivity index (χ0n) is 17.8. The lowest BCUT2D eigenvalue weighted by Gasteiger charge is -2.16. The molecule has 1 unspecified atom stereocenters. The van der Waals surface area contributed by atoms with Crippen LogP contribution in [0.4, 0.5) is 0 Å². The molecule has 0 spiro atoms. The number of ether oxygens (including phenoxy) is 2. The fourth-order valence-electron chi connectivity index (χ4n) is 2.99. The van der Waals surface area contributed by atoms with Crippen LogP contribution in [0.1, 0.15) is 16.7 Å². The Kier molecular flexibility index (Phi) is 7.49. The van der Waals surface area contributed by atoms with Gasteiger partial charge in [0.2, 0.25) is 5.60 Å². The highest BCUT2D eigenvalue weighted by molar-refractivity contribution is 5.91. The molecule has 0 bridgehead atoms. The van der Waals surface area contributed by atoms with E-state index in [9.17, 15) is 9.90 Å². The third-order valence-corrected chi connectivity index (χ3v) is 4.66. The Morgan fingerprint density at radius 2 is 1.59 bits per heavy atom. The van der Waals surface area contributed by atoms with Crippen molar-refractivity contribution in [2.45, 2.75) is 5.60 Å². The predicted octanol–water partition coefficient (Wildman–Crippen LogP) is 4.23. The Labute approximate surface area is 188 Å². The Hall–Kier alpha value is -4.25. The van der Waals surface area contributed by atoms with E-state index < -0.39 is 5.60 Å². The molecule has 0 heterocycles. The average Bonchev–Trinajstić information content (AvgIpc) is 2.86. The Morgan fingerprint density at radius 1 is 0.906 bits per heavy atom. The first kappa shape index (κ1) is 22.4. The largest absolute Gasteiger partial charge is 0.497 e. The third-order valence-electron chi connectivity index (χ3n) is 4.66. The van der Waals surface area contributed by atoms with Crippen molar-refractivity contribution in [2.24, 2.45) is 0 Å². The molecule has 0 aliphatic heterocycles. The summed E-state index contributed by atoms with van der Waals surface area (Å²) in [6.45, 7) is 0. The lowest BCUT2D eigenvalue weighted by molar-refractivity contribution is -0.104. The molecule has 0 aromatic heterocycles. The van der Waals surface area contributed by atoms with Crippen molar-refractivity contribution < 1.29 is 19.4 Å². The molecular weight excluding hydrogens is 400 g/mol. The highest BCUT2D eigenvalue weighted by Crippen LogP contribution is 2.30. The highest BCUT2D eigenvalue weighted by atomic mass is 16.5. The molecule has 32 heavy (non-hydrogen) atoms. The SMILES string of the molecule is COc1ccc(OC)c(/C(C#CC(O)(C#Cc2ccccc2)c2ccccc2)=C/C=O)c1. The van der Waals surface area contributed by atoms with Gasteiger partial charge in [0.1, 0.15) is 17.8 Å². The molecule has 0 fully saturated rings. The minimum absolute atomic E-state index is 0.367. The van der Waals surface area contributed by atoms with E-state index in [-0.39, 0.29) is 0 Å². The van der Waals surface area contributed by atoms with Crippen molar-refractivity contribution in [2.75, 3.05) is 14.2 Å². The van der Waals surface area contributed by atoms with Gasteiger partial charge < -0.3 is 14.6 Å². The van der Waals surface area contributed by atoms with Crippen LogP contribution >= 0.6 is 0 Å². The molecular formula is C28H22O4. The second kappa shape index (κ2) is 10.7. The summed E-state index contributed by atoms with van der Waals surface area (Å²) in [6.07, 6.45) is 1.96.